The van der Waals surface area contributed by atoms with Crippen LogP contribution in [0.4, 0.5) is 5.69 Å². The Labute approximate surface area is 85.6 Å². The van der Waals surface area contributed by atoms with Crippen molar-refractivity contribution in [2.24, 2.45) is 4.99 Å². The van der Waals surface area contributed by atoms with E-state index in [1.54, 1.807) is 7.11 Å². The molecule has 0 spiro atoms. The Balaban J connectivity index is 2.84. The molecule has 0 aliphatic carbocycles. The van der Waals surface area contributed by atoms with Crippen LogP contribution in [0.3, 0.4) is 0 Å². The Kier molecular flexibility index (Phi) is 3.28. The van der Waals surface area contributed by atoms with Crippen molar-refractivity contribution in [3.8, 4) is 0 Å². The maximum atomic E-state index is 4.75. The smallest absolute Gasteiger partial charge is 0.174 e. The number of hydrogen-bond donors (Lipinski definition) is 0. The zero-order chi connectivity index (χ0) is 10.6. The second-order valence-corrected chi connectivity index (χ2v) is 4.27. The monoisotopic (exact) mass is 191 g/mol. The molecule has 0 aromatic heterocycles. The van der Waals surface area contributed by atoms with Gasteiger partial charge < -0.3 is 4.74 Å². The molecule has 0 N–H and O–H groups in total. The molecule has 0 amide bonds. The summed E-state index contributed by atoms with van der Waals surface area (Å²) < 4.78 is 4.75. The molecule has 0 heterocycles. The van der Waals surface area contributed by atoms with Gasteiger partial charge in [0, 0.05) is 0 Å². The highest BCUT2D eigenvalue weighted by Crippen LogP contribution is 2.24. The van der Waals surface area contributed by atoms with Crippen molar-refractivity contribution >= 4 is 12.1 Å². The number of hydrogen-bond acceptors (Lipinski definition) is 2. The van der Waals surface area contributed by atoms with Crippen LogP contribution in [0.2, 0.25) is 0 Å². The number of nitrogens with zero attached hydrogens (tertiary/aromatic N) is 1. The predicted molar refractivity (Wildman–Crippen MR) is 60.3 cm³/mol. The minimum atomic E-state index is 0.198. The van der Waals surface area contributed by atoms with E-state index in [2.05, 4.69) is 37.9 Å². The standard InChI is InChI=1S/C12H17NO/c1-12(2,3)10-5-7-11(8-6-10)13-9-14-4/h5-9H,1-4H3/b13-9-. The van der Waals surface area contributed by atoms with Gasteiger partial charge in [0.25, 0.3) is 0 Å². The van der Waals surface area contributed by atoms with Gasteiger partial charge in [0.05, 0.1) is 12.8 Å². The van der Waals surface area contributed by atoms with Crippen LogP contribution < -0.4 is 0 Å². The molecule has 0 aliphatic rings. The lowest BCUT2D eigenvalue weighted by Gasteiger charge is -2.18. The van der Waals surface area contributed by atoms with E-state index >= 15 is 0 Å². The Morgan fingerprint density at radius 3 is 2.14 bits per heavy atom. The maximum absolute atomic E-state index is 4.75. The summed E-state index contributed by atoms with van der Waals surface area (Å²) >= 11 is 0. The quantitative estimate of drug-likeness (QED) is 0.519. The molecular formula is C12H17NO. The largest absolute Gasteiger partial charge is 0.486 e. The van der Waals surface area contributed by atoms with Gasteiger partial charge in [-0.1, -0.05) is 32.9 Å². The van der Waals surface area contributed by atoms with Crippen LogP contribution in [0.5, 0.6) is 0 Å². The lowest BCUT2D eigenvalue weighted by Crippen LogP contribution is -2.10. The van der Waals surface area contributed by atoms with E-state index < -0.39 is 0 Å². The van der Waals surface area contributed by atoms with Crippen LogP contribution >= 0.6 is 0 Å². The summed E-state index contributed by atoms with van der Waals surface area (Å²) in [5.41, 5.74) is 2.43. The average molecular weight is 191 g/mol. The van der Waals surface area contributed by atoms with E-state index in [1.165, 1.54) is 12.0 Å². The van der Waals surface area contributed by atoms with Crippen molar-refractivity contribution in [2.45, 2.75) is 26.2 Å². The summed E-state index contributed by atoms with van der Waals surface area (Å²) in [6.45, 7) is 6.58. The lowest BCUT2D eigenvalue weighted by atomic mass is 9.87. The van der Waals surface area contributed by atoms with Crippen LogP contribution in [0, 0.1) is 0 Å². The fourth-order valence-corrected chi connectivity index (χ4v) is 1.16. The number of methoxy groups -OCH3 is 1. The lowest BCUT2D eigenvalue weighted by molar-refractivity contribution is 0.423. The van der Waals surface area contributed by atoms with Gasteiger partial charge in [-0.05, 0) is 23.1 Å². The molecule has 14 heavy (non-hydrogen) atoms. The molecule has 1 aromatic rings. The SMILES string of the molecule is CO/C=N\c1ccc(C(C)(C)C)cc1. The van der Waals surface area contributed by atoms with Crippen LogP contribution in [-0.2, 0) is 10.2 Å². The van der Waals surface area contributed by atoms with Gasteiger partial charge in [-0.25, -0.2) is 4.99 Å². The molecular weight excluding hydrogens is 174 g/mol. The molecule has 0 saturated carbocycles. The first-order valence-electron chi connectivity index (χ1n) is 4.70. The van der Waals surface area contributed by atoms with Gasteiger partial charge in [-0.2, -0.15) is 0 Å². The van der Waals surface area contributed by atoms with Crippen molar-refractivity contribution in [1.82, 2.24) is 0 Å². The summed E-state index contributed by atoms with van der Waals surface area (Å²) in [6.07, 6.45) is 1.44. The summed E-state index contributed by atoms with van der Waals surface area (Å²) in [6, 6.07) is 8.19. The first-order valence-corrected chi connectivity index (χ1v) is 4.70. The molecule has 2 nitrogen and oxygen atoms in total. The molecule has 0 bridgehead atoms. The fraction of sp³-hybridized carbons (Fsp3) is 0.417. The molecule has 0 fully saturated rings. The molecule has 0 atom stereocenters. The Morgan fingerprint density at radius 2 is 1.71 bits per heavy atom. The molecule has 0 unspecified atom stereocenters. The fourth-order valence-electron chi connectivity index (χ4n) is 1.16. The van der Waals surface area contributed by atoms with Crippen molar-refractivity contribution < 1.29 is 4.74 Å². The summed E-state index contributed by atoms with van der Waals surface area (Å²) in [4.78, 5) is 4.10. The summed E-state index contributed by atoms with van der Waals surface area (Å²) in [5.74, 6) is 0. The molecule has 2 heteroatoms. The minimum absolute atomic E-state index is 0.198. The molecule has 1 rings (SSSR count). The summed E-state index contributed by atoms with van der Waals surface area (Å²) in [5, 5.41) is 0. The molecule has 76 valence electrons. The second kappa shape index (κ2) is 4.27. The highest BCUT2D eigenvalue weighted by Gasteiger charge is 2.12. The maximum Gasteiger partial charge on any atom is 0.174 e. The molecule has 0 saturated heterocycles. The van der Waals surface area contributed by atoms with E-state index in [0.717, 1.165) is 5.69 Å². The van der Waals surface area contributed by atoms with Crippen LogP contribution in [0.15, 0.2) is 29.3 Å². The van der Waals surface area contributed by atoms with E-state index in [0.29, 0.717) is 0 Å². The van der Waals surface area contributed by atoms with Crippen molar-refractivity contribution in [2.75, 3.05) is 7.11 Å². The number of rotatable bonds is 2. The van der Waals surface area contributed by atoms with Crippen molar-refractivity contribution in [3.63, 3.8) is 0 Å². The van der Waals surface area contributed by atoms with Gasteiger partial charge in [0.2, 0.25) is 0 Å². The van der Waals surface area contributed by atoms with E-state index in [-0.39, 0.29) is 5.41 Å². The zero-order valence-electron chi connectivity index (χ0n) is 9.24. The van der Waals surface area contributed by atoms with Gasteiger partial charge >= 0.3 is 0 Å². The van der Waals surface area contributed by atoms with Crippen LogP contribution in [0.1, 0.15) is 26.3 Å². The van der Waals surface area contributed by atoms with Crippen molar-refractivity contribution in [1.29, 1.82) is 0 Å². The Bertz CT molecular complexity index is 306. The van der Waals surface area contributed by atoms with Gasteiger partial charge in [0.15, 0.2) is 6.40 Å². The number of benzene rings is 1. The second-order valence-electron chi connectivity index (χ2n) is 4.27. The topological polar surface area (TPSA) is 21.6 Å². The van der Waals surface area contributed by atoms with E-state index in [9.17, 15) is 0 Å². The van der Waals surface area contributed by atoms with Gasteiger partial charge in [-0.15, -0.1) is 0 Å². The van der Waals surface area contributed by atoms with E-state index in [1.807, 2.05) is 12.1 Å². The predicted octanol–water partition coefficient (Wildman–Crippen LogP) is 3.29. The third-order valence-electron chi connectivity index (χ3n) is 2.04. The number of ether oxygens (including phenoxy) is 1. The third-order valence-corrected chi connectivity index (χ3v) is 2.04. The average Bonchev–Trinajstić information content (AvgIpc) is 2.14. The van der Waals surface area contributed by atoms with Gasteiger partial charge in [-0.3, -0.25) is 0 Å². The first kappa shape index (κ1) is 10.8. The number of aliphatic imine (C=N–C) groups is 1. The molecule has 1 aromatic carbocycles. The third kappa shape index (κ3) is 2.87. The zero-order valence-corrected chi connectivity index (χ0v) is 9.24. The highest BCUT2D eigenvalue weighted by molar-refractivity contribution is 5.55. The summed E-state index contributed by atoms with van der Waals surface area (Å²) in [7, 11) is 1.59. The van der Waals surface area contributed by atoms with Crippen molar-refractivity contribution in [3.05, 3.63) is 29.8 Å². The first-order chi connectivity index (χ1) is 6.54. The van der Waals surface area contributed by atoms with Gasteiger partial charge in [0.1, 0.15) is 0 Å². The molecule has 0 aliphatic heterocycles. The molecule has 0 radical (unpaired) electrons. The minimum Gasteiger partial charge on any atom is -0.486 e. The Morgan fingerprint density at radius 1 is 1.14 bits per heavy atom. The highest BCUT2D eigenvalue weighted by atomic mass is 16.5. The van der Waals surface area contributed by atoms with E-state index in [4.69, 9.17) is 4.74 Å². The van der Waals surface area contributed by atoms with Crippen LogP contribution in [0.25, 0.3) is 0 Å². The normalized spacial score (nSPS) is 12.0. The Hall–Kier alpha value is -1.31. The van der Waals surface area contributed by atoms with Crippen LogP contribution in [-0.4, -0.2) is 13.5 Å².